The molecule has 1 aromatic carbocycles. The first kappa shape index (κ1) is 8.83. The van der Waals surface area contributed by atoms with Gasteiger partial charge in [-0.05, 0) is 17.7 Å². The minimum atomic E-state index is 0.409. The van der Waals surface area contributed by atoms with Gasteiger partial charge in [0.2, 0.25) is 0 Å². The Kier molecular flexibility index (Phi) is 3.37. The lowest BCUT2D eigenvalue weighted by Crippen LogP contribution is -1.81. The first-order chi connectivity index (χ1) is 5.83. The third kappa shape index (κ3) is 2.77. The normalized spacial score (nSPS) is 10.0. The van der Waals surface area contributed by atoms with Gasteiger partial charge in [0, 0.05) is 11.2 Å². The van der Waals surface area contributed by atoms with Crippen LogP contribution in [0.15, 0.2) is 29.3 Å². The largest absolute Gasteiger partial charge is 0.280 e. The fourth-order valence-corrected chi connectivity index (χ4v) is 0.989. The molecule has 0 heterocycles. The van der Waals surface area contributed by atoms with Gasteiger partial charge in [-0.3, -0.25) is 4.99 Å². The van der Waals surface area contributed by atoms with Gasteiger partial charge in [0.05, 0.1) is 6.54 Å². The molecule has 0 aliphatic heterocycles. The summed E-state index contributed by atoms with van der Waals surface area (Å²) in [5.74, 6) is 2.42. The Balaban J connectivity index is 2.71. The van der Waals surface area contributed by atoms with Gasteiger partial charge in [-0.25, -0.2) is 0 Å². The molecule has 0 aliphatic rings. The van der Waals surface area contributed by atoms with Gasteiger partial charge >= 0.3 is 0 Å². The molecular formula is C10H8ClN. The smallest absolute Gasteiger partial charge is 0.0995 e. The van der Waals surface area contributed by atoms with E-state index in [-0.39, 0.29) is 0 Å². The molecule has 0 N–H and O–H groups in total. The van der Waals surface area contributed by atoms with Crippen LogP contribution in [0, 0.1) is 12.3 Å². The average molecular weight is 178 g/mol. The Bertz CT molecular complexity index is 323. The van der Waals surface area contributed by atoms with Crippen LogP contribution < -0.4 is 0 Å². The molecule has 12 heavy (non-hydrogen) atoms. The lowest BCUT2D eigenvalue weighted by atomic mass is 10.2. The summed E-state index contributed by atoms with van der Waals surface area (Å²) < 4.78 is 0. The standard InChI is InChI=1S/C10H8ClN/c1-2-6-12-8-9-4-3-5-10(11)7-9/h1,3-5,7-8H,6H2. The monoisotopic (exact) mass is 177 g/mol. The van der Waals surface area contributed by atoms with E-state index in [9.17, 15) is 0 Å². The number of hydrogen-bond donors (Lipinski definition) is 0. The van der Waals surface area contributed by atoms with Crippen LogP contribution in [-0.2, 0) is 0 Å². The van der Waals surface area contributed by atoms with Gasteiger partial charge in [0.25, 0.3) is 0 Å². The van der Waals surface area contributed by atoms with Crippen molar-refractivity contribution in [3.8, 4) is 12.3 Å². The van der Waals surface area contributed by atoms with Crippen molar-refractivity contribution in [2.45, 2.75) is 0 Å². The summed E-state index contributed by atoms with van der Waals surface area (Å²) in [5, 5.41) is 0.708. The van der Waals surface area contributed by atoms with Crippen LogP contribution in [0.3, 0.4) is 0 Å². The van der Waals surface area contributed by atoms with Crippen LogP contribution in [0.25, 0.3) is 0 Å². The Morgan fingerprint density at radius 2 is 2.42 bits per heavy atom. The van der Waals surface area contributed by atoms with E-state index in [1.54, 1.807) is 6.21 Å². The zero-order chi connectivity index (χ0) is 8.81. The summed E-state index contributed by atoms with van der Waals surface area (Å²) in [6.07, 6.45) is 6.75. The predicted octanol–water partition coefficient (Wildman–Crippen LogP) is 2.39. The van der Waals surface area contributed by atoms with E-state index in [2.05, 4.69) is 10.9 Å². The van der Waals surface area contributed by atoms with Gasteiger partial charge in [-0.2, -0.15) is 0 Å². The zero-order valence-corrected chi connectivity index (χ0v) is 7.25. The second-order valence-corrected chi connectivity index (χ2v) is 2.67. The molecule has 0 atom stereocenters. The van der Waals surface area contributed by atoms with Crippen molar-refractivity contribution in [3.63, 3.8) is 0 Å². The third-order valence-electron chi connectivity index (χ3n) is 1.27. The molecule has 0 fully saturated rings. The Hall–Kier alpha value is -1.26. The molecule has 60 valence electrons. The summed E-state index contributed by atoms with van der Waals surface area (Å²) in [4.78, 5) is 3.98. The van der Waals surface area contributed by atoms with E-state index < -0.39 is 0 Å². The second-order valence-electron chi connectivity index (χ2n) is 2.23. The topological polar surface area (TPSA) is 12.4 Å². The summed E-state index contributed by atoms with van der Waals surface area (Å²) in [7, 11) is 0. The van der Waals surface area contributed by atoms with E-state index in [4.69, 9.17) is 18.0 Å². The van der Waals surface area contributed by atoms with Crippen LogP contribution >= 0.6 is 11.6 Å². The van der Waals surface area contributed by atoms with Crippen molar-refractivity contribution in [1.29, 1.82) is 0 Å². The Labute approximate surface area is 77.1 Å². The minimum absolute atomic E-state index is 0.409. The van der Waals surface area contributed by atoms with Gasteiger partial charge < -0.3 is 0 Å². The number of terminal acetylenes is 1. The van der Waals surface area contributed by atoms with Crippen molar-refractivity contribution < 1.29 is 0 Å². The minimum Gasteiger partial charge on any atom is -0.280 e. The van der Waals surface area contributed by atoms with Crippen molar-refractivity contribution >= 4 is 17.8 Å². The first-order valence-electron chi connectivity index (χ1n) is 3.52. The molecule has 1 aromatic rings. The van der Waals surface area contributed by atoms with Crippen LogP contribution in [-0.4, -0.2) is 12.8 Å². The number of nitrogens with zero attached hydrogens (tertiary/aromatic N) is 1. The van der Waals surface area contributed by atoms with E-state index in [0.29, 0.717) is 11.6 Å². The molecule has 0 saturated carbocycles. The van der Waals surface area contributed by atoms with Crippen LogP contribution in [0.4, 0.5) is 0 Å². The molecule has 2 heteroatoms. The van der Waals surface area contributed by atoms with Crippen molar-refractivity contribution in [3.05, 3.63) is 34.9 Å². The fraction of sp³-hybridized carbons (Fsp3) is 0.100. The second kappa shape index (κ2) is 4.58. The molecule has 0 saturated heterocycles. The maximum Gasteiger partial charge on any atom is 0.0995 e. The van der Waals surface area contributed by atoms with Gasteiger partial charge in [-0.15, -0.1) is 6.42 Å². The third-order valence-corrected chi connectivity index (χ3v) is 1.51. The van der Waals surface area contributed by atoms with E-state index >= 15 is 0 Å². The van der Waals surface area contributed by atoms with Crippen molar-refractivity contribution in [2.24, 2.45) is 4.99 Å². The summed E-state index contributed by atoms with van der Waals surface area (Å²) in [5.41, 5.74) is 0.970. The van der Waals surface area contributed by atoms with Crippen molar-refractivity contribution in [1.82, 2.24) is 0 Å². The molecule has 0 aromatic heterocycles. The number of hydrogen-bond acceptors (Lipinski definition) is 1. The van der Waals surface area contributed by atoms with Gasteiger partial charge in [0.15, 0.2) is 0 Å². The number of benzene rings is 1. The highest BCUT2D eigenvalue weighted by Gasteiger charge is 1.87. The predicted molar refractivity (Wildman–Crippen MR) is 52.7 cm³/mol. The van der Waals surface area contributed by atoms with Crippen LogP contribution in [0.2, 0.25) is 5.02 Å². The maximum absolute atomic E-state index is 5.76. The molecule has 1 rings (SSSR count). The highest BCUT2D eigenvalue weighted by Crippen LogP contribution is 2.08. The lowest BCUT2D eigenvalue weighted by Gasteiger charge is -1.91. The summed E-state index contributed by atoms with van der Waals surface area (Å²) in [6.45, 7) is 0.409. The Morgan fingerprint density at radius 3 is 3.08 bits per heavy atom. The zero-order valence-electron chi connectivity index (χ0n) is 6.50. The number of rotatable bonds is 2. The average Bonchev–Trinajstić information content (AvgIpc) is 2.05. The lowest BCUT2D eigenvalue weighted by molar-refractivity contribution is 1.30. The molecule has 0 bridgehead atoms. The molecule has 0 aliphatic carbocycles. The molecular weight excluding hydrogens is 170 g/mol. The Morgan fingerprint density at radius 1 is 1.58 bits per heavy atom. The van der Waals surface area contributed by atoms with Gasteiger partial charge in [-0.1, -0.05) is 29.7 Å². The highest BCUT2D eigenvalue weighted by molar-refractivity contribution is 6.30. The molecule has 0 radical (unpaired) electrons. The van der Waals surface area contributed by atoms with Gasteiger partial charge in [0.1, 0.15) is 0 Å². The number of aliphatic imine (C=N–C) groups is 1. The van der Waals surface area contributed by atoms with Crippen molar-refractivity contribution in [2.75, 3.05) is 6.54 Å². The van der Waals surface area contributed by atoms with E-state index in [1.807, 2.05) is 24.3 Å². The van der Waals surface area contributed by atoms with Crippen LogP contribution in [0.5, 0.6) is 0 Å². The number of halogens is 1. The van der Waals surface area contributed by atoms with Crippen LogP contribution in [0.1, 0.15) is 5.56 Å². The first-order valence-corrected chi connectivity index (χ1v) is 3.89. The van der Waals surface area contributed by atoms with E-state index in [1.165, 1.54) is 0 Å². The highest BCUT2D eigenvalue weighted by atomic mass is 35.5. The molecule has 0 amide bonds. The quantitative estimate of drug-likeness (QED) is 0.486. The molecule has 0 unspecified atom stereocenters. The molecule has 0 spiro atoms. The fourth-order valence-electron chi connectivity index (χ4n) is 0.791. The summed E-state index contributed by atoms with van der Waals surface area (Å²) in [6, 6.07) is 7.45. The van der Waals surface area contributed by atoms with E-state index in [0.717, 1.165) is 5.56 Å². The summed E-state index contributed by atoms with van der Waals surface area (Å²) >= 11 is 5.76. The molecule has 1 nitrogen and oxygen atoms in total. The maximum atomic E-state index is 5.76. The SMILES string of the molecule is C#CCN=Cc1cccc(Cl)c1.